The van der Waals surface area contributed by atoms with E-state index in [4.69, 9.17) is 10.8 Å². The number of hydrogen-bond acceptors (Lipinski definition) is 3. The molecule has 3 N–H and O–H groups in total. The zero-order chi connectivity index (χ0) is 9.90. The maximum atomic E-state index is 9.07. The summed E-state index contributed by atoms with van der Waals surface area (Å²) < 4.78 is 0. The number of aliphatic hydroxyl groups is 1. The zero-order valence-electron chi connectivity index (χ0n) is 8.79. The van der Waals surface area contributed by atoms with Gasteiger partial charge in [0.1, 0.15) is 0 Å². The van der Waals surface area contributed by atoms with Gasteiger partial charge in [-0.3, -0.25) is 0 Å². The second-order valence-electron chi connectivity index (χ2n) is 4.65. The van der Waals surface area contributed by atoms with Gasteiger partial charge in [0.25, 0.3) is 0 Å². The molecule has 3 nitrogen and oxygen atoms in total. The monoisotopic (exact) mass is 186 g/mol. The van der Waals surface area contributed by atoms with E-state index in [1.54, 1.807) is 0 Å². The molecule has 0 bridgehead atoms. The van der Waals surface area contributed by atoms with Crippen LogP contribution in [0.3, 0.4) is 0 Å². The second-order valence-corrected chi connectivity index (χ2v) is 4.65. The van der Waals surface area contributed by atoms with Crippen LogP contribution in [-0.4, -0.2) is 41.8 Å². The zero-order valence-corrected chi connectivity index (χ0v) is 8.79. The molecule has 0 spiro atoms. The highest BCUT2D eigenvalue weighted by molar-refractivity contribution is 4.86. The largest absolute Gasteiger partial charge is 0.394 e. The molecular formula is C10H22N2O. The van der Waals surface area contributed by atoms with Crippen LogP contribution in [0.1, 0.15) is 32.6 Å². The summed E-state index contributed by atoms with van der Waals surface area (Å²) in [7, 11) is 2.15. The van der Waals surface area contributed by atoms with Gasteiger partial charge in [0, 0.05) is 11.6 Å². The Hall–Kier alpha value is -0.120. The number of aliphatic hydroxyl groups excluding tert-OH is 1. The minimum absolute atomic E-state index is 0.0807. The van der Waals surface area contributed by atoms with E-state index in [9.17, 15) is 0 Å². The molecule has 2 unspecified atom stereocenters. The molecule has 0 saturated carbocycles. The molecule has 0 aromatic carbocycles. The average molecular weight is 186 g/mol. The lowest BCUT2D eigenvalue weighted by atomic mass is 9.89. The Morgan fingerprint density at radius 3 is 2.77 bits per heavy atom. The molecule has 1 aliphatic rings. The topological polar surface area (TPSA) is 49.5 Å². The van der Waals surface area contributed by atoms with Gasteiger partial charge in [-0.15, -0.1) is 0 Å². The molecule has 0 radical (unpaired) electrons. The van der Waals surface area contributed by atoms with E-state index in [2.05, 4.69) is 11.9 Å². The standard InChI is InChI=1S/C10H22N2O/c1-10(11,8-13)7-9-5-3-4-6-12(9)2/h9,13H,3-8,11H2,1-2H3. The summed E-state index contributed by atoms with van der Waals surface area (Å²) in [5.41, 5.74) is 5.53. The van der Waals surface area contributed by atoms with Gasteiger partial charge in [-0.05, 0) is 39.8 Å². The maximum Gasteiger partial charge on any atom is 0.0609 e. The number of piperidine rings is 1. The molecule has 1 saturated heterocycles. The fourth-order valence-electron chi connectivity index (χ4n) is 2.00. The third-order valence-electron chi connectivity index (χ3n) is 2.98. The van der Waals surface area contributed by atoms with Crippen molar-refractivity contribution in [2.45, 2.75) is 44.2 Å². The molecule has 13 heavy (non-hydrogen) atoms. The summed E-state index contributed by atoms with van der Waals surface area (Å²) in [5, 5.41) is 9.07. The molecule has 0 amide bonds. The molecule has 3 heteroatoms. The summed E-state index contributed by atoms with van der Waals surface area (Å²) in [4.78, 5) is 2.37. The van der Waals surface area contributed by atoms with Gasteiger partial charge < -0.3 is 15.7 Å². The first kappa shape index (κ1) is 11.0. The second kappa shape index (κ2) is 4.40. The lowest BCUT2D eigenvalue weighted by Gasteiger charge is -2.37. The Labute approximate surface area is 80.9 Å². The van der Waals surface area contributed by atoms with Crippen LogP contribution in [0.5, 0.6) is 0 Å². The van der Waals surface area contributed by atoms with Gasteiger partial charge >= 0.3 is 0 Å². The van der Waals surface area contributed by atoms with E-state index in [0.29, 0.717) is 6.04 Å². The quantitative estimate of drug-likeness (QED) is 0.677. The summed E-state index contributed by atoms with van der Waals surface area (Å²) in [6, 6.07) is 0.566. The molecule has 1 rings (SSSR count). The van der Waals surface area contributed by atoms with Crippen molar-refractivity contribution in [3.05, 3.63) is 0 Å². The third kappa shape index (κ3) is 3.25. The van der Waals surface area contributed by atoms with Gasteiger partial charge in [-0.1, -0.05) is 6.42 Å². The van der Waals surface area contributed by atoms with E-state index in [0.717, 1.165) is 6.42 Å². The number of likely N-dealkylation sites (tertiary alicyclic amines) is 1. The van der Waals surface area contributed by atoms with Crippen molar-refractivity contribution in [3.63, 3.8) is 0 Å². The van der Waals surface area contributed by atoms with Crippen molar-refractivity contribution in [3.8, 4) is 0 Å². The van der Waals surface area contributed by atoms with E-state index in [1.807, 2.05) is 6.92 Å². The fourth-order valence-corrected chi connectivity index (χ4v) is 2.00. The van der Waals surface area contributed by atoms with E-state index >= 15 is 0 Å². The molecule has 2 atom stereocenters. The first-order chi connectivity index (χ1) is 6.05. The molecule has 0 aliphatic carbocycles. The van der Waals surface area contributed by atoms with E-state index in [1.165, 1.54) is 25.8 Å². The number of nitrogens with two attached hydrogens (primary N) is 1. The van der Waals surface area contributed by atoms with Crippen molar-refractivity contribution < 1.29 is 5.11 Å². The molecule has 1 heterocycles. The summed E-state index contributed by atoms with van der Waals surface area (Å²) in [6.45, 7) is 3.18. The predicted octanol–water partition coefficient (Wildman–Crippen LogP) is 0.571. The van der Waals surface area contributed by atoms with Gasteiger partial charge in [0.15, 0.2) is 0 Å². The SMILES string of the molecule is CN1CCCCC1CC(C)(N)CO. The van der Waals surface area contributed by atoms with Crippen LogP contribution < -0.4 is 5.73 Å². The summed E-state index contributed by atoms with van der Waals surface area (Å²) >= 11 is 0. The number of nitrogens with zero attached hydrogens (tertiary/aromatic N) is 1. The predicted molar refractivity (Wildman–Crippen MR) is 54.6 cm³/mol. The van der Waals surface area contributed by atoms with Gasteiger partial charge in [-0.2, -0.15) is 0 Å². The fraction of sp³-hybridized carbons (Fsp3) is 1.00. The lowest BCUT2D eigenvalue weighted by molar-refractivity contribution is 0.121. The van der Waals surface area contributed by atoms with Gasteiger partial charge in [-0.25, -0.2) is 0 Å². The molecule has 78 valence electrons. The minimum atomic E-state index is -0.406. The highest BCUT2D eigenvalue weighted by Crippen LogP contribution is 2.21. The van der Waals surface area contributed by atoms with Crippen molar-refractivity contribution in [1.29, 1.82) is 0 Å². The van der Waals surface area contributed by atoms with E-state index in [-0.39, 0.29) is 6.61 Å². The third-order valence-corrected chi connectivity index (χ3v) is 2.98. The van der Waals surface area contributed by atoms with Crippen molar-refractivity contribution in [1.82, 2.24) is 4.90 Å². The number of hydrogen-bond donors (Lipinski definition) is 2. The van der Waals surface area contributed by atoms with Crippen molar-refractivity contribution in [2.75, 3.05) is 20.2 Å². The van der Waals surface area contributed by atoms with Crippen LogP contribution in [0.15, 0.2) is 0 Å². The molecule has 1 fully saturated rings. The van der Waals surface area contributed by atoms with Crippen LogP contribution >= 0.6 is 0 Å². The number of rotatable bonds is 3. The van der Waals surface area contributed by atoms with Crippen LogP contribution in [0.4, 0.5) is 0 Å². The van der Waals surface area contributed by atoms with Crippen LogP contribution in [0.2, 0.25) is 0 Å². The van der Waals surface area contributed by atoms with Crippen LogP contribution in [-0.2, 0) is 0 Å². The normalized spacial score (nSPS) is 30.0. The molecule has 0 aromatic rings. The lowest BCUT2D eigenvalue weighted by Crippen LogP contribution is -2.48. The highest BCUT2D eigenvalue weighted by atomic mass is 16.3. The van der Waals surface area contributed by atoms with Crippen LogP contribution in [0, 0.1) is 0 Å². The first-order valence-corrected chi connectivity index (χ1v) is 5.15. The Balaban J connectivity index is 2.42. The van der Waals surface area contributed by atoms with Gasteiger partial charge in [0.05, 0.1) is 6.61 Å². The van der Waals surface area contributed by atoms with E-state index < -0.39 is 5.54 Å². The Kier molecular flexibility index (Phi) is 3.71. The average Bonchev–Trinajstić information content (AvgIpc) is 2.09. The molecule has 1 aliphatic heterocycles. The van der Waals surface area contributed by atoms with Crippen LogP contribution in [0.25, 0.3) is 0 Å². The smallest absolute Gasteiger partial charge is 0.0609 e. The van der Waals surface area contributed by atoms with Crippen molar-refractivity contribution >= 4 is 0 Å². The van der Waals surface area contributed by atoms with Crippen molar-refractivity contribution in [2.24, 2.45) is 5.73 Å². The Morgan fingerprint density at radius 1 is 1.54 bits per heavy atom. The Morgan fingerprint density at radius 2 is 2.23 bits per heavy atom. The first-order valence-electron chi connectivity index (χ1n) is 5.15. The van der Waals surface area contributed by atoms with Gasteiger partial charge in [0.2, 0.25) is 0 Å². The molecule has 0 aromatic heterocycles. The Bertz CT molecular complexity index is 159. The summed E-state index contributed by atoms with van der Waals surface area (Å²) in [6.07, 6.45) is 4.73. The molecular weight excluding hydrogens is 164 g/mol. The highest BCUT2D eigenvalue weighted by Gasteiger charge is 2.27. The minimum Gasteiger partial charge on any atom is -0.394 e. The summed E-state index contributed by atoms with van der Waals surface area (Å²) in [5.74, 6) is 0. The maximum absolute atomic E-state index is 9.07.